The average Bonchev–Trinajstić information content (AvgIpc) is 3.38. The zero-order valence-corrected chi connectivity index (χ0v) is 24.9. The molecule has 0 radical (unpaired) electrons. The van der Waals surface area contributed by atoms with Gasteiger partial charge in [0.1, 0.15) is 11.4 Å². The molecule has 0 saturated carbocycles. The van der Waals surface area contributed by atoms with Gasteiger partial charge in [-0.25, -0.2) is 10.2 Å². The van der Waals surface area contributed by atoms with Crippen LogP contribution < -0.4 is 14.9 Å². The molecule has 0 fully saturated rings. The Morgan fingerprint density at radius 2 is 1.74 bits per heavy atom. The fraction of sp³-hybridized carbons (Fsp3) is 0.0333. The Bertz CT molecular complexity index is 1850. The molecule has 1 amide bonds. The fourth-order valence-electron chi connectivity index (χ4n) is 4.24. The molecule has 0 unspecified atom stereocenters. The lowest BCUT2D eigenvalue weighted by atomic mass is 10.0. The van der Waals surface area contributed by atoms with Gasteiger partial charge in [0.2, 0.25) is 0 Å². The highest BCUT2D eigenvalue weighted by Crippen LogP contribution is 2.35. The van der Waals surface area contributed by atoms with Gasteiger partial charge in [-0.3, -0.25) is 14.9 Å². The molecule has 0 saturated heterocycles. The summed E-state index contributed by atoms with van der Waals surface area (Å²) in [5, 5.41) is 15.9. The number of carbonyl (C=O) groups is 2. The molecule has 210 valence electrons. The van der Waals surface area contributed by atoms with Gasteiger partial charge < -0.3 is 14.5 Å². The number of nitrogens with one attached hydrogen (secondary N) is 2. The number of nitro groups is 1. The minimum absolute atomic E-state index is 0.121. The molecule has 0 aliphatic carbocycles. The third-order valence-corrected chi connectivity index (χ3v) is 7.26. The van der Waals surface area contributed by atoms with E-state index in [1.54, 1.807) is 25.3 Å². The van der Waals surface area contributed by atoms with Crippen molar-refractivity contribution in [1.29, 1.82) is 0 Å². The number of halogens is 2. The Morgan fingerprint density at radius 1 is 1.00 bits per heavy atom. The average molecular weight is 692 g/mol. The highest BCUT2D eigenvalue weighted by Gasteiger charge is 2.20. The molecule has 42 heavy (non-hydrogen) atoms. The van der Waals surface area contributed by atoms with Crippen LogP contribution in [0.5, 0.6) is 11.5 Å². The molecule has 5 rings (SSSR count). The SMILES string of the molecule is COc1ccc2[nH]c(C(=O)NN=Cc3cc(Br)cc(Br)c3OC(=O)c3ccc([N+](=O)[O-])cc3)c(-c3ccccc3)c2c1. The van der Waals surface area contributed by atoms with E-state index in [0.717, 1.165) is 16.5 Å². The molecule has 1 heterocycles. The second kappa shape index (κ2) is 12.4. The van der Waals surface area contributed by atoms with Crippen molar-refractivity contribution in [2.24, 2.45) is 5.10 Å². The number of aromatic amines is 1. The lowest BCUT2D eigenvalue weighted by Gasteiger charge is -2.10. The lowest BCUT2D eigenvalue weighted by molar-refractivity contribution is -0.384. The van der Waals surface area contributed by atoms with Gasteiger partial charge in [-0.2, -0.15) is 5.10 Å². The van der Waals surface area contributed by atoms with E-state index in [0.29, 0.717) is 31.5 Å². The maximum absolute atomic E-state index is 13.4. The van der Waals surface area contributed by atoms with Crippen molar-refractivity contribution >= 4 is 66.5 Å². The number of ether oxygens (including phenoxy) is 2. The Morgan fingerprint density at radius 3 is 2.43 bits per heavy atom. The van der Waals surface area contributed by atoms with Crippen LogP contribution in [0.15, 0.2) is 99.0 Å². The number of H-pyrrole nitrogens is 1. The number of hydrazone groups is 1. The van der Waals surface area contributed by atoms with Crippen LogP contribution in [-0.4, -0.2) is 35.1 Å². The van der Waals surface area contributed by atoms with Crippen LogP contribution in [-0.2, 0) is 0 Å². The number of benzene rings is 4. The third kappa shape index (κ3) is 6.09. The molecule has 5 aromatic rings. The van der Waals surface area contributed by atoms with E-state index < -0.39 is 16.8 Å². The highest BCUT2D eigenvalue weighted by atomic mass is 79.9. The van der Waals surface area contributed by atoms with Gasteiger partial charge >= 0.3 is 5.97 Å². The number of nitrogens with zero attached hydrogens (tertiary/aromatic N) is 2. The third-order valence-electron chi connectivity index (χ3n) is 6.21. The minimum Gasteiger partial charge on any atom is -0.497 e. The topological polar surface area (TPSA) is 136 Å². The summed E-state index contributed by atoms with van der Waals surface area (Å²) >= 11 is 6.80. The predicted octanol–water partition coefficient (Wildman–Crippen LogP) is 7.26. The monoisotopic (exact) mass is 690 g/mol. The molecule has 0 spiro atoms. The first-order valence-electron chi connectivity index (χ1n) is 12.3. The number of nitro benzene ring substituents is 1. The predicted molar refractivity (Wildman–Crippen MR) is 165 cm³/mol. The summed E-state index contributed by atoms with van der Waals surface area (Å²) in [5.74, 6) is -0.423. The molecule has 2 N–H and O–H groups in total. The molecule has 12 heteroatoms. The molecule has 4 aromatic carbocycles. The molecule has 0 aliphatic heterocycles. The maximum atomic E-state index is 13.4. The summed E-state index contributed by atoms with van der Waals surface area (Å²) in [6.45, 7) is 0. The van der Waals surface area contributed by atoms with Crippen LogP contribution in [0.25, 0.3) is 22.0 Å². The van der Waals surface area contributed by atoms with Gasteiger partial charge in [0.25, 0.3) is 11.6 Å². The number of fused-ring (bicyclic) bond motifs is 1. The van der Waals surface area contributed by atoms with Crippen LogP contribution in [0.2, 0.25) is 0 Å². The highest BCUT2D eigenvalue weighted by molar-refractivity contribution is 9.11. The van der Waals surface area contributed by atoms with Crippen LogP contribution in [0.1, 0.15) is 26.4 Å². The summed E-state index contributed by atoms with van der Waals surface area (Å²) in [5.41, 5.74) is 5.48. The number of rotatable bonds is 8. The zero-order chi connectivity index (χ0) is 29.8. The molecule has 0 aliphatic rings. The van der Waals surface area contributed by atoms with Gasteiger partial charge in [-0.15, -0.1) is 0 Å². The number of amides is 1. The van der Waals surface area contributed by atoms with E-state index in [-0.39, 0.29) is 17.0 Å². The second-order valence-electron chi connectivity index (χ2n) is 8.85. The minimum atomic E-state index is -0.729. The fourth-order valence-corrected chi connectivity index (χ4v) is 5.58. The van der Waals surface area contributed by atoms with E-state index in [2.05, 4.69) is 47.4 Å². The van der Waals surface area contributed by atoms with E-state index in [4.69, 9.17) is 9.47 Å². The number of non-ortho nitro benzene ring substituents is 1. The van der Waals surface area contributed by atoms with Gasteiger partial charge in [-0.05, 0) is 64.0 Å². The number of methoxy groups -OCH3 is 1. The van der Waals surface area contributed by atoms with E-state index in [1.807, 2.05) is 42.5 Å². The van der Waals surface area contributed by atoms with Crippen LogP contribution in [0.3, 0.4) is 0 Å². The molecule has 0 bridgehead atoms. The molecule has 0 atom stereocenters. The normalized spacial score (nSPS) is 11.0. The van der Waals surface area contributed by atoms with Crippen molar-refractivity contribution in [3.05, 3.63) is 121 Å². The van der Waals surface area contributed by atoms with Crippen LogP contribution >= 0.6 is 31.9 Å². The smallest absolute Gasteiger partial charge is 0.343 e. The molecule has 10 nitrogen and oxygen atoms in total. The van der Waals surface area contributed by atoms with Crippen molar-refractivity contribution in [2.45, 2.75) is 0 Å². The summed E-state index contributed by atoms with van der Waals surface area (Å²) in [6, 6.07) is 23.4. The largest absolute Gasteiger partial charge is 0.497 e. The molecule has 1 aromatic heterocycles. The van der Waals surface area contributed by atoms with Crippen molar-refractivity contribution in [3.8, 4) is 22.6 Å². The first-order valence-corrected chi connectivity index (χ1v) is 13.9. The van der Waals surface area contributed by atoms with E-state index in [1.165, 1.54) is 30.5 Å². The maximum Gasteiger partial charge on any atom is 0.343 e. The number of carbonyl (C=O) groups excluding carboxylic acids is 2. The number of aromatic nitrogens is 1. The van der Waals surface area contributed by atoms with Gasteiger partial charge in [0.15, 0.2) is 5.75 Å². The van der Waals surface area contributed by atoms with Gasteiger partial charge in [0, 0.05) is 38.6 Å². The molecular weight excluding hydrogens is 672 g/mol. The van der Waals surface area contributed by atoms with Gasteiger partial charge in [0.05, 0.1) is 28.3 Å². The van der Waals surface area contributed by atoms with Crippen molar-refractivity contribution < 1.29 is 24.0 Å². The molecular formula is C30H20Br2N4O6. The zero-order valence-electron chi connectivity index (χ0n) is 21.8. The van der Waals surface area contributed by atoms with Crippen molar-refractivity contribution in [1.82, 2.24) is 10.4 Å². The first kappa shape index (κ1) is 28.7. The number of esters is 1. The Balaban J connectivity index is 1.42. The summed E-state index contributed by atoms with van der Waals surface area (Å²) < 4.78 is 12.1. The standard InChI is InChI=1S/C30H20Br2N4O6/c1-41-22-11-12-25-23(15-22)26(17-5-3-2-4-6-17)27(34-25)29(37)35-33-16-19-13-20(31)14-24(32)28(19)42-30(38)18-7-9-21(10-8-18)36(39)40/h2-16,34H,1H3,(H,35,37). The van der Waals surface area contributed by atoms with Crippen molar-refractivity contribution in [2.75, 3.05) is 7.11 Å². The Kier molecular flexibility index (Phi) is 8.46. The number of hydrogen-bond donors (Lipinski definition) is 2. The second-order valence-corrected chi connectivity index (χ2v) is 10.6. The van der Waals surface area contributed by atoms with E-state index >= 15 is 0 Å². The summed E-state index contributed by atoms with van der Waals surface area (Å²) in [4.78, 5) is 39.7. The lowest BCUT2D eigenvalue weighted by Crippen LogP contribution is -2.19. The Labute approximate surface area is 255 Å². The van der Waals surface area contributed by atoms with E-state index in [9.17, 15) is 19.7 Å². The van der Waals surface area contributed by atoms with Crippen LogP contribution in [0.4, 0.5) is 5.69 Å². The van der Waals surface area contributed by atoms with Gasteiger partial charge in [-0.1, -0.05) is 46.3 Å². The first-order chi connectivity index (χ1) is 20.2. The Hall–Kier alpha value is -4.81. The summed E-state index contributed by atoms with van der Waals surface area (Å²) in [6.07, 6.45) is 1.35. The van der Waals surface area contributed by atoms with Crippen molar-refractivity contribution in [3.63, 3.8) is 0 Å². The van der Waals surface area contributed by atoms with Crippen LogP contribution in [0, 0.1) is 10.1 Å². The quantitative estimate of drug-likeness (QED) is 0.0578. The number of hydrogen-bond acceptors (Lipinski definition) is 7. The summed E-state index contributed by atoms with van der Waals surface area (Å²) in [7, 11) is 1.58.